The van der Waals surface area contributed by atoms with Gasteiger partial charge < -0.3 is 20.6 Å². The van der Waals surface area contributed by atoms with Crippen LogP contribution in [0.5, 0.6) is 0 Å². The zero-order valence-corrected chi connectivity index (χ0v) is 24.8. The first kappa shape index (κ1) is 37.6. The summed E-state index contributed by atoms with van der Waals surface area (Å²) in [5.41, 5.74) is 0. The van der Waals surface area contributed by atoms with E-state index in [-0.39, 0.29) is 31.5 Å². The Kier molecular flexibility index (Phi) is 24.0. The molecule has 4 N–H and O–H groups in total. The number of ketones is 1. The van der Waals surface area contributed by atoms with Crippen molar-refractivity contribution in [3.63, 3.8) is 0 Å². The van der Waals surface area contributed by atoms with Gasteiger partial charge in [0.15, 0.2) is 0 Å². The molecule has 40 heavy (non-hydrogen) atoms. The van der Waals surface area contributed by atoms with Gasteiger partial charge in [-0.2, -0.15) is 0 Å². The van der Waals surface area contributed by atoms with Crippen LogP contribution in [0.15, 0.2) is 0 Å². The predicted octanol–water partition coefficient (Wildman–Crippen LogP) is 6.90. The maximum atomic E-state index is 12.3. The first-order valence-electron chi connectivity index (χ1n) is 15.7. The monoisotopic (exact) mass is 569 g/mol. The Morgan fingerprint density at radius 2 is 1.00 bits per heavy atom. The fourth-order valence-corrected chi connectivity index (χ4v) is 4.83. The van der Waals surface area contributed by atoms with Crippen LogP contribution in [-0.4, -0.2) is 51.0 Å². The van der Waals surface area contributed by atoms with Gasteiger partial charge in [-0.05, 0) is 19.3 Å². The molecular weight excluding hydrogens is 514 g/mol. The second-order valence-corrected chi connectivity index (χ2v) is 11.1. The molecule has 0 saturated heterocycles. The van der Waals surface area contributed by atoms with E-state index in [2.05, 4.69) is 12.2 Å². The average molecular weight is 570 g/mol. The van der Waals surface area contributed by atoms with Crippen molar-refractivity contribution >= 4 is 29.6 Å². The largest absolute Gasteiger partial charge is 0.481 e. The van der Waals surface area contributed by atoms with E-state index in [1.165, 1.54) is 83.5 Å². The van der Waals surface area contributed by atoms with Gasteiger partial charge in [-0.1, -0.05) is 110 Å². The highest BCUT2D eigenvalue weighted by Gasteiger charge is 2.24. The van der Waals surface area contributed by atoms with Crippen molar-refractivity contribution in [3.05, 3.63) is 0 Å². The van der Waals surface area contributed by atoms with E-state index in [1.807, 2.05) is 0 Å². The van der Waals surface area contributed by atoms with Crippen molar-refractivity contribution in [3.8, 4) is 0 Å². The van der Waals surface area contributed by atoms with Crippen molar-refractivity contribution in [2.24, 2.45) is 5.92 Å². The lowest BCUT2D eigenvalue weighted by atomic mass is 9.94. The fraction of sp³-hybridized carbons (Fsp3) is 0.839. The van der Waals surface area contributed by atoms with Crippen molar-refractivity contribution in [2.75, 3.05) is 0 Å². The number of hydrogen-bond donors (Lipinski definition) is 4. The van der Waals surface area contributed by atoms with Crippen LogP contribution in [0.2, 0.25) is 0 Å². The summed E-state index contributed by atoms with van der Waals surface area (Å²) in [5.74, 6) is -5.52. The topological polar surface area (TPSA) is 158 Å². The molecule has 0 fully saturated rings. The smallest absolute Gasteiger partial charge is 0.326 e. The van der Waals surface area contributed by atoms with Gasteiger partial charge in [0.1, 0.15) is 11.8 Å². The van der Waals surface area contributed by atoms with Gasteiger partial charge in [0.05, 0.1) is 5.92 Å². The number of Topliss-reactive ketones (excluding diaryl/α,β-unsaturated/α-hetero) is 1. The molecule has 0 rings (SSSR count). The Labute approximate surface area is 240 Å². The number of unbranched alkanes of at least 4 members (excludes halogenated alkanes) is 16. The van der Waals surface area contributed by atoms with E-state index in [4.69, 9.17) is 10.2 Å². The number of carbonyl (C=O) groups excluding carboxylic acids is 2. The van der Waals surface area contributed by atoms with Crippen LogP contribution in [0.3, 0.4) is 0 Å². The zero-order chi connectivity index (χ0) is 30.0. The molecule has 9 heteroatoms. The average Bonchev–Trinajstić information content (AvgIpc) is 2.90. The molecule has 0 radical (unpaired) electrons. The fourth-order valence-electron chi connectivity index (χ4n) is 4.83. The lowest BCUT2D eigenvalue weighted by molar-refractivity contribution is -0.145. The number of amides is 1. The van der Waals surface area contributed by atoms with Crippen molar-refractivity contribution < 1.29 is 39.3 Å². The Hall–Kier alpha value is -2.45. The number of carboxylic acid groups (broad SMARTS) is 3. The second-order valence-electron chi connectivity index (χ2n) is 11.1. The van der Waals surface area contributed by atoms with Crippen LogP contribution < -0.4 is 5.32 Å². The molecule has 1 amide bonds. The third-order valence-corrected chi connectivity index (χ3v) is 7.38. The summed E-state index contributed by atoms with van der Waals surface area (Å²) in [4.78, 5) is 57.7. The van der Waals surface area contributed by atoms with Crippen molar-refractivity contribution in [2.45, 2.75) is 161 Å². The molecule has 0 aliphatic carbocycles. The number of aliphatic carboxylic acids is 3. The predicted molar refractivity (Wildman–Crippen MR) is 155 cm³/mol. The highest BCUT2D eigenvalue weighted by atomic mass is 16.4. The molecule has 0 aromatic heterocycles. The van der Waals surface area contributed by atoms with E-state index in [0.717, 1.165) is 25.7 Å². The van der Waals surface area contributed by atoms with Gasteiger partial charge in [0.25, 0.3) is 0 Å². The summed E-state index contributed by atoms with van der Waals surface area (Å²) in [6, 6.07) is -1.35. The third kappa shape index (κ3) is 23.4. The first-order valence-corrected chi connectivity index (χ1v) is 15.7. The van der Waals surface area contributed by atoms with Crippen LogP contribution in [0, 0.1) is 5.92 Å². The minimum atomic E-state index is -1.35. The molecule has 232 valence electrons. The molecule has 0 aliphatic rings. The molecule has 0 aromatic carbocycles. The van der Waals surface area contributed by atoms with E-state index < -0.39 is 42.2 Å². The molecule has 0 spiro atoms. The molecule has 0 heterocycles. The Bertz CT molecular complexity index is 724. The van der Waals surface area contributed by atoms with Gasteiger partial charge >= 0.3 is 17.9 Å². The molecule has 2 atom stereocenters. The van der Waals surface area contributed by atoms with Gasteiger partial charge in [0.2, 0.25) is 5.91 Å². The van der Waals surface area contributed by atoms with Gasteiger partial charge in [0, 0.05) is 25.7 Å². The number of carboxylic acids is 3. The summed E-state index contributed by atoms with van der Waals surface area (Å²) in [6.07, 6.45) is 20.4. The molecule has 2 unspecified atom stereocenters. The van der Waals surface area contributed by atoms with Crippen molar-refractivity contribution in [1.82, 2.24) is 5.32 Å². The molecule has 0 bridgehead atoms. The highest BCUT2D eigenvalue weighted by Crippen LogP contribution is 2.17. The molecule has 0 saturated carbocycles. The lowest BCUT2D eigenvalue weighted by Gasteiger charge is -2.15. The van der Waals surface area contributed by atoms with Crippen LogP contribution in [0.1, 0.15) is 155 Å². The summed E-state index contributed by atoms with van der Waals surface area (Å²) in [5, 5.41) is 29.5. The number of carbonyl (C=O) groups is 5. The van der Waals surface area contributed by atoms with Crippen LogP contribution in [0.25, 0.3) is 0 Å². The Morgan fingerprint density at radius 1 is 0.550 bits per heavy atom. The second kappa shape index (κ2) is 25.5. The summed E-state index contributed by atoms with van der Waals surface area (Å²) in [7, 11) is 0. The van der Waals surface area contributed by atoms with E-state index in [0.29, 0.717) is 6.42 Å². The third-order valence-electron chi connectivity index (χ3n) is 7.38. The highest BCUT2D eigenvalue weighted by molar-refractivity contribution is 5.86. The standard InChI is InChI=1S/C31H55NO8/c1-2-3-4-5-6-7-8-9-10-11-12-13-14-15-16-17-18-19-26(33)24-25(30(37)38)20-22-28(34)32-27(31(39)40)21-23-29(35)36/h25,27H,2-24H2,1H3,(H,32,34)(H,35,36)(H,37,38)(H,39,40). The Morgan fingerprint density at radius 3 is 1.40 bits per heavy atom. The van der Waals surface area contributed by atoms with Gasteiger partial charge in [-0.25, -0.2) is 4.79 Å². The van der Waals surface area contributed by atoms with Crippen LogP contribution in [-0.2, 0) is 24.0 Å². The van der Waals surface area contributed by atoms with Gasteiger partial charge in [-0.3, -0.25) is 19.2 Å². The SMILES string of the molecule is CCCCCCCCCCCCCCCCCCCC(=O)CC(CCC(=O)NC(CCC(=O)O)C(=O)O)C(=O)O. The van der Waals surface area contributed by atoms with Crippen molar-refractivity contribution in [1.29, 1.82) is 0 Å². The quantitative estimate of drug-likeness (QED) is 0.0708. The lowest BCUT2D eigenvalue weighted by Crippen LogP contribution is -2.41. The maximum Gasteiger partial charge on any atom is 0.326 e. The minimum absolute atomic E-state index is 0.0861. The summed E-state index contributed by atoms with van der Waals surface area (Å²) in [6.45, 7) is 2.25. The van der Waals surface area contributed by atoms with E-state index >= 15 is 0 Å². The van der Waals surface area contributed by atoms with E-state index in [9.17, 15) is 29.1 Å². The zero-order valence-electron chi connectivity index (χ0n) is 24.8. The van der Waals surface area contributed by atoms with Gasteiger partial charge in [-0.15, -0.1) is 0 Å². The normalized spacial score (nSPS) is 12.5. The van der Waals surface area contributed by atoms with Crippen LogP contribution >= 0.6 is 0 Å². The number of nitrogens with one attached hydrogen (secondary N) is 1. The number of hydrogen-bond acceptors (Lipinski definition) is 5. The maximum absolute atomic E-state index is 12.3. The van der Waals surface area contributed by atoms with Crippen LogP contribution in [0.4, 0.5) is 0 Å². The Balaban J connectivity index is 3.85. The summed E-state index contributed by atoms with van der Waals surface area (Å²) >= 11 is 0. The molecule has 0 aromatic rings. The van der Waals surface area contributed by atoms with E-state index in [1.54, 1.807) is 0 Å². The first-order chi connectivity index (χ1) is 19.2. The molecule has 0 aliphatic heterocycles. The molecular formula is C31H55NO8. The minimum Gasteiger partial charge on any atom is -0.481 e. The number of rotatable bonds is 29. The summed E-state index contributed by atoms with van der Waals surface area (Å²) < 4.78 is 0. The molecule has 9 nitrogen and oxygen atoms in total.